The molecule has 0 radical (unpaired) electrons. The van der Waals surface area contributed by atoms with E-state index in [2.05, 4.69) is 29.8 Å². The van der Waals surface area contributed by atoms with Gasteiger partial charge in [0.2, 0.25) is 17.7 Å². The van der Waals surface area contributed by atoms with E-state index in [4.69, 9.17) is 4.74 Å². The Bertz CT molecular complexity index is 977. The Morgan fingerprint density at radius 3 is 2.43 bits per heavy atom. The molecule has 10 heteroatoms. The fourth-order valence-electron chi connectivity index (χ4n) is 4.54. The predicted octanol–water partition coefficient (Wildman–Crippen LogP) is 1.22. The van der Waals surface area contributed by atoms with Gasteiger partial charge in [0.05, 0.1) is 17.7 Å². The standard InChI is InChI=1S/C27H40N4O6/c1-5-17(4)24-27(36)28-18(12-16(2)3)15-37-22-9-7-6-8-20(22)25(34)29-21(26(35)30-24)10-11-23(33)31-13-19(32)14-31/h6-9,16-19,21,24,32H,5,10-15H2,1-4H3,(H,28,36)(H,29,34)(H,30,35)/t17-,18+,21+,24+/m1/s1. The molecule has 204 valence electrons. The third kappa shape index (κ3) is 7.67. The molecule has 0 aliphatic carbocycles. The second-order valence-corrected chi connectivity index (χ2v) is 10.5. The number of aliphatic hydroxyl groups excluding tert-OH is 1. The summed E-state index contributed by atoms with van der Waals surface area (Å²) < 4.78 is 6.01. The normalized spacial score (nSPS) is 24.2. The van der Waals surface area contributed by atoms with Crippen LogP contribution in [0.5, 0.6) is 5.75 Å². The smallest absolute Gasteiger partial charge is 0.255 e. The van der Waals surface area contributed by atoms with Crippen molar-refractivity contribution >= 4 is 23.6 Å². The maximum atomic E-state index is 13.4. The summed E-state index contributed by atoms with van der Waals surface area (Å²) in [5.41, 5.74) is 0.268. The van der Waals surface area contributed by atoms with E-state index in [0.29, 0.717) is 18.6 Å². The average Bonchev–Trinajstić information content (AvgIpc) is 2.85. The van der Waals surface area contributed by atoms with Gasteiger partial charge in [0.15, 0.2) is 0 Å². The Morgan fingerprint density at radius 2 is 1.78 bits per heavy atom. The molecule has 4 atom stereocenters. The average molecular weight is 517 g/mol. The number of para-hydroxylation sites is 1. The molecule has 37 heavy (non-hydrogen) atoms. The second kappa shape index (κ2) is 12.9. The molecular formula is C27H40N4O6. The van der Waals surface area contributed by atoms with E-state index in [1.165, 1.54) is 4.90 Å². The number of likely N-dealkylation sites (tertiary alicyclic amines) is 1. The number of amides is 4. The van der Waals surface area contributed by atoms with E-state index in [0.717, 1.165) is 0 Å². The summed E-state index contributed by atoms with van der Waals surface area (Å²) >= 11 is 0. The SMILES string of the molecule is CC[C@@H](C)[C@@H]1NC(=O)[C@H](CCC(=O)N2CC(O)C2)NC(=O)c2ccccc2OC[C@H](CC(C)C)NC1=O. The molecule has 2 aliphatic heterocycles. The number of fused-ring (bicyclic) bond motifs is 1. The molecule has 1 aromatic carbocycles. The van der Waals surface area contributed by atoms with Crippen LogP contribution in [-0.4, -0.2) is 77.6 Å². The quantitative estimate of drug-likeness (QED) is 0.430. The van der Waals surface area contributed by atoms with Crippen LogP contribution >= 0.6 is 0 Å². The Balaban J connectivity index is 1.89. The van der Waals surface area contributed by atoms with Crippen LogP contribution in [0.15, 0.2) is 24.3 Å². The third-order valence-electron chi connectivity index (χ3n) is 6.95. The molecule has 10 nitrogen and oxygen atoms in total. The van der Waals surface area contributed by atoms with Crippen LogP contribution in [0.1, 0.15) is 63.7 Å². The van der Waals surface area contributed by atoms with E-state index in [9.17, 15) is 24.3 Å². The zero-order valence-electron chi connectivity index (χ0n) is 22.2. The van der Waals surface area contributed by atoms with Crippen molar-refractivity contribution in [1.29, 1.82) is 0 Å². The summed E-state index contributed by atoms with van der Waals surface area (Å²) in [5, 5.41) is 18.1. The van der Waals surface area contributed by atoms with E-state index >= 15 is 0 Å². The number of nitrogens with one attached hydrogen (secondary N) is 3. The van der Waals surface area contributed by atoms with Gasteiger partial charge in [-0.25, -0.2) is 0 Å². The number of hydrogen-bond donors (Lipinski definition) is 4. The van der Waals surface area contributed by atoms with Gasteiger partial charge >= 0.3 is 0 Å². The van der Waals surface area contributed by atoms with Gasteiger partial charge in [-0.2, -0.15) is 0 Å². The number of hydrogen-bond acceptors (Lipinski definition) is 6. The van der Waals surface area contributed by atoms with Crippen LogP contribution < -0.4 is 20.7 Å². The molecule has 1 aromatic rings. The van der Waals surface area contributed by atoms with Gasteiger partial charge < -0.3 is 30.7 Å². The van der Waals surface area contributed by atoms with Gasteiger partial charge in [-0.3, -0.25) is 19.2 Å². The van der Waals surface area contributed by atoms with Crippen molar-refractivity contribution < 1.29 is 29.0 Å². The van der Waals surface area contributed by atoms with Gasteiger partial charge in [-0.1, -0.05) is 46.2 Å². The van der Waals surface area contributed by atoms with Crippen molar-refractivity contribution in [1.82, 2.24) is 20.9 Å². The minimum Gasteiger partial charge on any atom is -0.491 e. The zero-order valence-corrected chi connectivity index (χ0v) is 22.2. The molecule has 0 saturated carbocycles. The third-order valence-corrected chi connectivity index (χ3v) is 6.95. The van der Waals surface area contributed by atoms with E-state index < -0.39 is 30.0 Å². The van der Waals surface area contributed by atoms with Gasteiger partial charge in [-0.05, 0) is 36.8 Å². The van der Waals surface area contributed by atoms with E-state index in [-0.39, 0.29) is 67.8 Å². The molecule has 0 unspecified atom stereocenters. The lowest BCUT2D eigenvalue weighted by Crippen LogP contribution is -2.57. The number of rotatable bonds is 7. The van der Waals surface area contributed by atoms with Crippen LogP contribution in [-0.2, 0) is 14.4 Å². The molecule has 1 fully saturated rings. The maximum Gasteiger partial charge on any atom is 0.255 e. The summed E-state index contributed by atoms with van der Waals surface area (Å²) in [4.78, 5) is 54.1. The Labute approximate surface area is 218 Å². The monoisotopic (exact) mass is 516 g/mol. The van der Waals surface area contributed by atoms with E-state index in [1.54, 1.807) is 24.3 Å². The molecule has 3 rings (SSSR count). The highest BCUT2D eigenvalue weighted by Crippen LogP contribution is 2.21. The summed E-state index contributed by atoms with van der Waals surface area (Å²) in [5.74, 6) is -1.05. The number of carbonyl (C=O) groups excluding carboxylic acids is 4. The van der Waals surface area contributed by atoms with Gasteiger partial charge in [0.1, 0.15) is 24.4 Å². The molecule has 1 saturated heterocycles. The minimum atomic E-state index is -1.04. The maximum absolute atomic E-state index is 13.4. The summed E-state index contributed by atoms with van der Waals surface area (Å²) in [6, 6.07) is 4.60. The van der Waals surface area contributed by atoms with Crippen LogP contribution in [0.2, 0.25) is 0 Å². The fourth-order valence-corrected chi connectivity index (χ4v) is 4.54. The molecule has 0 aromatic heterocycles. The predicted molar refractivity (Wildman–Crippen MR) is 138 cm³/mol. The van der Waals surface area contributed by atoms with Gasteiger partial charge in [0.25, 0.3) is 5.91 Å². The lowest BCUT2D eigenvalue weighted by atomic mass is 9.96. The number of benzene rings is 1. The highest BCUT2D eigenvalue weighted by molar-refractivity contribution is 6.00. The first-order valence-corrected chi connectivity index (χ1v) is 13.2. The van der Waals surface area contributed by atoms with Crippen molar-refractivity contribution in [2.45, 2.75) is 77.6 Å². The van der Waals surface area contributed by atoms with Crippen molar-refractivity contribution in [3.05, 3.63) is 29.8 Å². The largest absolute Gasteiger partial charge is 0.491 e. The number of ether oxygens (including phenoxy) is 1. The van der Waals surface area contributed by atoms with Gasteiger partial charge in [-0.15, -0.1) is 0 Å². The minimum absolute atomic E-state index is 0.0138. The highest BCUT2D eigenvalue weighted by Gasteiger charge is 2.34. The summed E-state index contributed by atoms with van der Waals surface area (Å²) in [7, 11) is 0. The first-order valence-electron chi connectivity index (χ1n) is 13.2. The first kappa shape index (κ1) is 28.4. The van der Waals surface area contributed by atoms with Crippen LogP contribution in [0.4, 0.5) is 0 Å². The number of carbonyl (C=O) groups is 4. The van der Waals surface area contributed by atoms with Crippen LogP contribution in [0, 0.1) is 11.8 Å². The molecule has 2 aliphatic rings. The highest BCUT2D eigenvalue weighted by atomic mass is 16.5. The van der Waals surface area contributed by atoms with Crippen molar-refractivity contribution in [3.8, 4) is 5.75 Å². The Hall–Kier alpha value is -3.14. The van der Waals surface area contributed by atoms with Crippen LogP contribution in [0.25, 0.3) is 0 Å². The van der Waals surface area contributed by atoms with Crippen molar-refractivity contribution in [2.75, 3.05) is 19.7 Å². The molecule has 0 bridgehead atoms. The van der Waals surface area contributed by atoms with Gasteiger partial charge in [0, 0.05) is 19.5 Å². The molecule has 2 heterocycles. The lowest BCUT2D eigenvalue weighted by molar-refractivity contribution is -0.141. The van der Waals surface area contributed by atoms with Crippen molar-refractivity contribution in [3.63, 3.8) is 0 Å². The fraction of sp³-hybridized carbons (Fsp3) is 0.630. The summed E-state index contributed by atoms with van der Waals surface area (Å²) in [6.45, 7) is 8.63. The number of β-amino-alcohol motifs (C(OH)–C–C–N with tert-alkyl or cyclic N) is 1. The van der Waals surface area contributed by atoms with E-state index in [1.807, 2.05) is 13.8 Å². The Morgan fingerprint density at radius 1 is 1.08 bits per heavy atom. The first-order chi connectivity index (χ1) is 17.6. The zero-order chi connectivity index (χ0) is 27.1. The summed E-state index contributed by atoms with van der Waals surface area (Å²) in [6.07, 6.45) is 0.860. The molecule has 0 spiro atoms. The van der Waals surface area contributed by atoms with Crippen LogP contribution in [0.3, 0.4) is 0 Å². The number of aliphatic hydroxyl groups is 1. The number of nitrogens with zero attached hydrogens (tertiary/aromatic N) is 1. The Kier molecular flexibility index (Phi) is 9.91. The molecule has 4 amide bonds. The molecular weight excluding hydrogens is 476 g/mol. The second-order valence-electron chi connectivity index (χ2n) is 10.5. The van der Waals surface area contributed by atoms with Crippen molar-refractivity contribution in [2.24, 2.45) is 11.8 Å². The molecule has 4 N–H and O–H groups in total. The lowest BCUT2D eigenvalue weighted by Gasteiger charge is -2.36. The topological polar surface area (TPSA) is 137 Å².